The summed E-state index contributed by atoms with van der Waals surface area (Å²) < 4.78 is 19.0. The number of aromatic nitrogens is 1. The highest BCUT2D eigenvalue weighted by molar-refractivity contribution is 5.94. The summed E-state index contributed by atoms with van der Waals surface area (Å²) in [5.74, 6) is -0.515. The number of carbonyl (C=O) groups is 3. The van der Waals surface area contributed by atoms with Crippen LogP contribution in [0.4, 0.5) is 5.69 Å². The molecule has 6 heterocycles. The Morgan fingerprint density at radius 2 is 1.77 bits per heavy atom. The predicted molar refractivity (Wildman–Crippen MR) is 250 cm³/mol. The molecule has 3 N–H and O–H groups in total. The van der Waals surface area contributed by atoms with Gasteiger partial charge in [0.2, 0.25) is 5.91 Å². The van der Waals surface area contributed by atoms with E-state index in [1.807, 2.05) is 43.4 Å². The van der Waals surface area contributed by atoms with Gasteiger partial charge in [-0.3, -0.25) is 24.2 Å². The summed E-state index contributed by atoms with van der Waals surface area (Å²) in [7, 11) is 5.15. The molecule has 10 rings (SSSR count). The number of esters is 2. The molecule has 1 aromatic heterocycles. The SMILES string of the molecule is CCC1=C[C@@H]2CN(CCc3c([nH]c4ccccc34)[C@@](C(=O)OC)(c3cc4c(cc3OC)N(C)[C@H]3[C@@](O)(CNC(=O)Cc5ccccc5)[C@H](OC(C)=O)[C@]5(CC)C=CCN6CC[C@]43[C@@H]65)C2)C1. The van der Waals surface area contributed by atoms with E-state index in [1.165, 1.54) is 19.6 Å². The summed E-state index contributed by atoms with van der Waals surface area (Å²) in [6, 6.07) is 21.3. The summed E-state index contributed by atoms with van der Waals surface area (Å²) in [5, 5.41) is 18.2. The van der Waals surface area contributed by atoms with E-state index >= 15 is 4.79 Å². The largest absolute Gasteiger partial charge is 0.496 e. The van der Waals surface area contributed by atoms with Gasteiger partial charge in [0, 0.05) is 90.9 Å². The number of aromatic amines is 1. The first-order chi connectivity index (χ1) is 31.4. The number of H-pyrrole nitrogens is 1. The van der Waals surface area contributed by atoms with E-state index in [2.05, 4.69) is 87.4 Å². The molecule has 3 aromatic carbocycles. The number of nitrogens with one attached hydrogen (secondary N) is 2. The van der Waals surface area contributed by atoms with Gasteiger partial charge in [0.15, 0.2) is 0 Å². The van der Waals surface area contributed by atoms with Crippen LogP contribution >= 0.6 is 0 Å². The molecule has 342 valence electrons. The van der Waals surface area contributed by atoms with E-state index in [9.17, 15) is 14.7 Å². The average molecular weight is 882 g/mol. The molecule has 5 aliphatic heterocycles. The first-order valence-corrected chi connectivity index (χ1v) is 23.6. The van der Waals surface area contributed by atoms with Gasteiger partial charge in [-0.2, -0.15) is 0 Å². The third kappa shape index (κ3) is 6.37. The fraction of sp³-hybridized carbons (Fsp3) is 0.491. The minimum absolute atomic E-state index is 0.0312. The van der Waals surface area contributed by atoms with Crippen LogP contribution in [-0.4, -0.2) is 122 Å². The van der Waals surface area contributed by atoms with Crippen LogP contribution in [0.3, 0.4) is 0 Å². The number of carbonyl (C=O) groups excluding carboxylic acids is 3. The number of hydrogen-bond donors (Lipinski definition) is 3. The Hall–Kier alpha value is -5.43. The van der Waals surface area contributed by atoms with E-state index < -0.39 is 40.0 Å². The molecule has 1 unspecified atom stereocenters. The summed E-state index contributed by atoms with van der Waals surface area (Å²) in [4.78, 5) is 53.6. The average Bonchev–Trinajstić information content (AvgIpc) is 3.98. The van der Waals surface area contributed by atoms with Crippen LogP contribution in [0.2, 0.25) is 0 Å². The van der Waals surface area contributed by atoms with Crippen molar-refractivity contribution in [2.24, 2.45) is 11.3 Å². The summed E-state index contributed by atoms with van der Waals surface area (Å²) in [6.45, 7) is 9.58. The number of anilines is 1. The maximum Gasteiger partial charge on any atom is 0.322 e. The second kappa shape index (κ2) is 16.2. The standard InChI is InChI=1S/C53H63N5O7/c1-7-34-25-36-29-52(49(61)64-6,45-38(19-23-57(30-34)31-36)37-17-12-13-18-41(37)55-45)40-27-39-42(28-43(40)63-5)56(4)47-51(39)21-24-58-22-14-20-50(8-2,46(51)58)48(65-33(3)59)53(47,62)32-54-44(60)26-35-15-10-9-11-16-35/h9-18,20,25,27-28,36,46-48,55,62H,7-8,19,21-24,26,29-32H2,1-6H3,(H,54,60)/t36-,46-,47+,48+,50+,51+,52-,53-/m0/s1. The van der Waals surface area contributed by atoms with Crippen LogP contribution in [-0.2, 0) is 47.5 Å². The first kappa shape index (κ1) is 43.5. The van der Waals surface area contributed by atoms with Gasteiger partial charge in [-0.05, 0) is 73.4 Å². The third-order valence-electron chi connectivity index (χ3n) is 16.4. The molecule has 1 amide bonds. The topological polar surface area (TPSA) is 137 Å². The molecule has 1 spiro atoms. The lowest BCUT2D eigenvalue weighted by molar-refractivity contribution is -0.217. The lowest BCUT2D eigenvalue weighted by Gasteiger charge is -2.64. The molecule has 9 atom stereocenters. The van der Waals surface area contributed by atoms with Crippen LogP contribution in [0.25, 0.3) is 10.9 Å². The number of aliphatic hydroxyl groups is 1. The fourth-order valence-electron chi connectivity index (χ4n) is 14.1. The van der Waals surface area contributed by atoms with Gasteiger partial charge in [-0.25, -0.2) is 0 Å². The quantitative estimate of drug-likeness (QED) is 0.129. The zero-order chi connectivity index (χ0) is 45.5. The van der Waals surface area contributed by atoms with Gasteiger partial charge in [0.05, 0.1) is 33.2 Å². The van der Waals surface area contributed by atoms with E-state index in [0.717, 1.165) is 83.6 Å². The van der Waals surface area contributed by atoms with E-state index in [4.69, 9.17) is 14.2 Å². The Kier molecular flexibility index (Phi) is 10.8. The number of amides is 1. The van der Waals surface area contributed by atoms with E-state index in [1.54, 1.807) is 7.11 Å². The molecule has 4 aromatic rings. The minimum Gasteiger partial charge on any atom is -0.496 e. The molecule has 2 fully saturated rings. The van der Waals surface area contributed by atoms with Gasteiger partial charge in [-0.1, -0.05) is 86.2 Å². The Balaban J connectivity index is 1.22. The number of hydrogen-bond acceptors (Lipinski definition) is 10. The number of para-hydroxylation sites is 1. The van der Waals surface area contributed by atoms with E-state index in [-0.39, 0.29) is 36.8 Å². The zero-order valence-corrected chi connectivity index (χ0v) is 38.6. The van der Waals surface area contributed by atoms with E-state index in [0.29, 0.717) is 31.6 Å². The van der Waals surface area contributed by atoms with Crippen LogP contribution in [0.15, 0.2) is 90.5 Å². The Morgan fingerprint density at radius 1 is 0.985 bits per heavy atom. The fourth-order valence-corrected chi connectivity index (χ4v) is 14.1. The van der Waals surface area contributed by atoms with Crippen LogP contribution < -0.4 is 15.0 Å². The van der Waals surface area contributed by atoms with Crippen molar-refractivity contribution >= 4 is 34.4 Å². The highest BCUT2D eigenvalue weighted by Crippen LogP contribution is 2.68. The number of rotatable bonds is 10. The maximum atomic E-state index is 15.5. The molecule has 6 aliphatic rings. The Labute approximate surface area is 382 Å². The number of likely N-dealkylation sites (N-methyl/N-ethyl adjacent to an activating group) is 1. The van der Waals surface area contributed by atoms with Gasteiger partial charge in [0.1, 0.15) is 22.9 Å². The third-order valence-corrected chi connectivity index (χ3v) is 16.4. The zero-order valence-electron chi connectivity index (χ0n) is 38.6. The smallest absolute Gasteiger partial charge is 0.322 e. The van der Waals surface area contributed by atoms with Crippen molar-refractivity contribution in [2.45, 2.75) is 93.9 Å². The maximum absolute atomic E-state index is 15.5. The molecular weight excluding hydrogens is 819 g/mol. The van der Waals surface area contributed by atoms with Gasteiger partial charge < -0.3 is 34.5 Å². The minimum atomic E-state index is -1.78. The van der Waals surface area contributed by atoms with Crippen molar-refractivity contribution in [3.63, 3.8) is 0 Å². The molecule has 12 heteroatoms. The van der Waals surface area contributed by atoms with Gasteiger partial charge in [0.25, 0.3) is 0 Å². The number of methoxy groups -OCH3 is 2. The van der Waals surface area contributed by atoms with Crippen molar-refractivity contribution in [2.75, 3.05) is 65.4 Å². The summed E-state index contributed by atoms with van der Waals surface area (Å²) >= 11 is 0. The van der Waals surface area contributed by atoms with Crippen LogP contribution in [0, 0.1) is 11.3 Å². The lowest BCUT2D eigenvalue weighted by atomic mass is 9.47. The number of ether oxygens (including phenoxy) is 3. The number of nitrogens with zero attached hydrogens (tertiary/aromatic N) is 3. The lowest BCUT2D eigenvalue weighted by Crippen LogP contribution is -2.81. The predicted octanol–water partition coefficient (Wildman–Crippen LogP) is 5.98. The molecule has 1 saturated carbocycles. The highest BCUT2D eigenvalue weighted by atomic mass is 16.6. The normalized spacial score (nSPS) is 32.2. The van der Waals surface area contributed by atoms with Crippen molar-refractivity contribution < 1.29 is 33.7 Å². The monoisotopic (exact) mass is 881 g/mol. The first-order valence-electron chi connectivity index (χ1n) is 23.6. The molecule has 1 saturated heterocycles. The summed E-state index contributed by atoms with van der Waals surface area (Å²) in [6.07, 6.45) is 9.22. The van der Waals surface area contributed by atoms with Crippen molar-refractivity contribution in [3.8, 4) is 5.75 Å². The highest BCUT2D eigenvalue weighted by Gasteiger charge is 2.78. The molecule has 65 heavy (non-hydrogen) atoms. The Bertz CT molecular complexity index is 2610. The van der Waals surface area contributed by atoms with Crippen molar-refractivity contribution in [1.82, 2.24) is 20.1 Å². The second-order valence-electron chi connectivity index (χ2n) is 19.6. The molecule has 0 radical (unpaired) electrons. The Morgan fingerprint density at radius 3 is 2.51 bits per heavy atom. The summed E-state index contributed by atoms with van der Waals surface area (Å²) in [5.41, 5.74) is 3.02. The molecule has 2 bridgehead atoms. The molecule has 12 nitrogen and oxygen atoms in total. The van der Waals surface area contributed by atoms with Crippen molar-refractivity contribution in [3.05, 3.63) is 118 Å². The molecular formula is C53H63N5O7. The number of fused-ring (bicyclic) bond motifs is 6. The second-order valence-corrected chi connectivity index (χ2v) is 19.6. The van der Waals surface area contributed by atoms with Gasteiger partial charge in [-0.15, -0.1) is 0 Å². The number of benzene rings is 3. The molecule has 1 aliphatic carbocycles. The van der Waals surface area contributed by atoms with Crippen LogP contribution in [0.5, 0.6) is 5.75 Å². The van der Waals surface area contributed by atoms with Gasteiger partial charge >= 0.3 is 11.9 Å². The van der Waals surface area contributed by atoms with Crippen molar-refractivity contribution in [1.29, 1.82) is 0 Å². The van der Waals surface area contributed by atoms with Crippen LogP contribution in [0.1, 0.15) is 74.4 Å².